The van der Waals surface area contributed by atoms with Gasteiger partial charge in [-0.25, -0.2) is 9.97 Å². The third-order valence-electron chi connectivity index (χ3n) is 5.97. The van der Waals surface area contributed by atoms with Crippen molar-refractivity contribution in [3.05, 3.63) is 53.6 Å². The molecule has 2 unspecified atom stereocenters. The molecule has 2 atom stereocenters. The number of anilines is 1. The highest BCUT2D eigenvalue weighted by molar-refractivity contribution is 5.73. The number of aryl methyl sites for hydroxylation is 2. The van der Waals surface area contributed by atoms with E-state index in [-0.39, 0.29) is 0 Å². The summed E-state index contributed by atoms with van der Waals surface area (Å²) in [6.07, 6.45) is 9.92. The second kappa shape index (κ2) is 5.87. The van der Waals surface area contributed by atoms with Crippen molar-refractivity contribution in [1.82, 2.24) is 15.0 Å². The molecule has 0 bridgehead atoms. The summed E-state index contributed by atoms with van der Waals surface area (Å²) < 4.78 is 0. The highest BCUT2D eigenvalue weighted by Crippen LogP contribution is 2.35. The minimum absolute atomic E-state index is 0.458. The monoisotopic (exact) mass is 332 g/mol. The fourth-order valence-electron chi connectivity index (χ4n) is 4.58. The van der Waals surface area contributed by atoms with Gasteiger partial charge >= 0.3 is 0 Å². The number of benzene rings is 1. The molecule has 4 heteroatoms. The summed E-state index contributed by atoms with van der Waals surface area (Å²) in [4.78, 5) is 15.1. The average Bonchev–Trinajstić information content (AvgIpc) is 3.29. The predicted octanol–water partition coefficient (Wildman–Crippen LogP) is 4.22. The second-order valence-corrected chi connectivity index (χ2v) is 7.58. The van der Waals surface area contributed by atoms with Gasteiger partial charge in [-0.15, -0.1) is 0 Å². The molecule has 1 saturated heterocycles. The van der Waals surface area contributed by atoms with Gasteiger partial charge in [0.1, 0.15) is 5.82 Å². The van der Waals surface area contributed by atoms with E-state index in [2.05, 4.69) is 40.0 Å². The summed E-state index contributed by atoms with van der Waals surface area (Å²) >= 11 is 0. The minimum atomic E-state index is 0.458. The molecule has 1 fully saturated rings. The number of piperidine rings is 1. The van der Waals surface area contributed by atoms with Crippen LogP contribution in [0, 0.1) is 0 Å². The first-order chi connectivity index (χ1) is 12.3. The zero-order chi connectivity index (χ0) is 16.8. The van der Waals surface area contributed by atoms with Crippen molar-refractivity contribution in [2.75, 3.05) is 11.4 Å². The van der Waals surface area contributed by atoms with Crippen LogP contribution in [0.25, 0.3) is 11.0 Å². The van der Waals surface area contributed by atoms with Crippen LogP contribution in [0.2, 0.25) is 0 Å². The van der Waals surface area contributed by atoms with E-state index >= 15 is 0 Å². The number of rotatable bonds is 2. The molecule has 1 aliphatic heterocycles. The molecule has 1 aliphatic carbocycles. The molecule has 4 nitrogen and oxygen atoms in total. The molecule has 1 aromatic carbocycles. The Balaban J connectivity index is 1.36. The summed E-state index contributed by atoms with van der Waals surface area (Å²) in [6.45, 7) is 3.42. The number of hydrogen-bond donors (Lipinski definition) is 1. The van der Waals surface area contributed by atoms with Gasteiger partial charge in [-0.05, 0) is 68.4 Å². The van der Waals surface area contributed by atoms with E-state index in [1.807, 2.05) is 18.5 Å². The number of fused-ring (bicyclic) bond motifs is 2. The quantitative estimate of drug-likeness (QED) is 0.764. The van der Waals surface area contributed by atoms with Gasteiger partial charge in [-0.2, -0.15) is 0 Å². The lowest BCUT2D eigenvalue weighted by Gasteiger charge is -2.39. The van der Waals surface area contributed by atoms with Crippen LogP contribution < -0.4 is 4.90 Å². The number of hydrogen-bond acceptors (Lipinski definition) is 3. The summed E-state index contributed by atoms with van der Waals surface area (Å²) in [7, 11) is 0. The number of aromatic amines is 1. The number of H-pyrrole nitrogens is 1. The molecule has 25 heavy (non-hydrogen) atoms. The van der Waals surface area contributed by atoms with Gasteiger partial charge in [0.2, 0.25) is 0 Å². The van der Waals surface area contributed by atoms with Gasteiger partial charge < -0.3 is 9.88 Å². The van der Waals surface area contributed by atoms with Crippen LogP contribution in [0.4, 0.5) is 5.69 Å². The van der Waals surface area contributed by atoms with Crippen molar-refractivity contribution in [2.45, 2.75) is 51.0 Å². The standard InChI is InChI=1S/C21H24N4/c1-14-11-17(21-23-13-20-19(24-21)7-9-22-20)8-10-25(14)18-6-5-15-3-2-4-16(15)12-18/h5-7,9,12-14,17,22H,2-4,8,10-11H2,1H3. The minimum Gasteiger partial charge on any atom is -0.369 e. The molecule has 0 radical (unpaired) electrons. The molecular formula is C21H24N4. The molecule has 0 amide bonds. The molecule has 128 valence electrons. The molecule has 0 spiro atoms. The van der Waals surface area contributed by atoms with Crippen LogP contribution >= 0.6 is 0 Å². The Morgan fingerprint density at radius 3 is 3.00 bits per heavy atom. The van der Waals surface area contributed by atoms with Gasteiger partial charge in [0.05, 0.1) is 17.2 Å². The highest BCUT2D eigenvalue weighted by atomic mass is 15.2. The third kappa shape index (κ3) is 2.60. The second-order valence-electron chi connectivity index (χ2n) is 7.58. The summed E-state index contributed by atoms with van der Waals surface area (Å²) in [5.74, 6) is 1.47. The lowest BCUT2D eigenvalue weighted by molar-refractivity contribution is 0.419. The maximum absolute atomic E-state index is 4.78. The topological polar surface area (TPSA) is 44.8 Å². The van der Waals surface area contributed by atoms with Crippen LogP contribution in [0.1, 0.15) is 49.1 Å². The van der Waals surface area contributed by atoms with Crippen LogP contribution in [0.15, 0.2) is 36.7 Å². The molecule has 2 aromatic heterocycles. The van der Waals surface area contributed by atoms with Crippen LogP contribution in [-0.4, -0.2) is 27.5 Å². The first-order valence-corrected chi connectivity index (χ1v) is 9.46. The van der Waals surface area contributed by atoms with Crippen molar-refractivity contribution < 1.29 is 0 Å². The number of nitrogens with zero attached hydrogens (tertiary/aromatic N) is 3. The van der Waals surface area contributed by atoms with Crippen LogP contribution in [0.3, 0.4) is 0 Å². The SMILES string of the molecule is CC1CC(c2ncc3[nH]ccc3n2)CCN1c1ccc2c(c1)CCC2. The average molecular weight is 332 g/mol. The van der Waals surface area contributed by atoms with E-state index in [9.17, 15) is 0 Å². The Morgan fingerprint density at radius 1 is 1.16 bits per heavy atom. The van der Waals surface area contributed by atoms with E-state index in [0.29, 0.717) is 12.0 Å². The van der Waals surface area contributed by atoms with Crippen molar-refractivity contribution in [2.24, 2.45) is 0 Å². The van der Waals surface area contributed by atoms with E-state index < -0.39 is 0 Å². The Morgan fingerprint density at radius 2 is 2.08 bits per heavy atom. The summed E-state index contributed by atoms with van der Waals surface area (Å²) in [6, 6.07) is 9.65. The first-order valence-electron chi connectivity index (χ1n) is 9.46. The summed E-state index contributed by atoms with van der Waals surface area (Å²) in [5.41, 5.74) is 6.56. The Kier molecular flexibility index (Phi) is 3.51. The third-order valence-corrected chi connectivity index (χ3v) is 5.97. The van der Waals surface area contributed by atoms with E-state index in [0.717, 1.165) is 36.2 Å². The maximum Gasteiger partial charge on any atom is 0.132 e. The van der Waals surface area contributed by atoms with E-state index in [1.54, 1.807) is 11.1 Å². The molecule has 0 saturated carbocycles. The fraction of sp³-hybridized carbons (Fsp3) is 0.429. The van der Waals surface area contributed by atoms with Crippen molar-refractivity contribution in [3.63, 3.8) is 0 Å². The molecule has 3 heterocycles. The molecule has 1 N–H and O–H groups in total. The zero-order valence-corrected chi connectivity index (χ0v) is 14.7. The van der Waals surface area contributed by atoms with Gasteiger partial charge in [-0.1, -0.05) is 6.07 Å². The molecule has 3 aromatic rings. The van der Waals surface area contributed by atoms with Crippen LogP contribution in [0.5, 0.6) is 0 Å². The van der Waals surface area contributed by atoms with Crippen LogP contribution in [-0.2, 0) is 12.8 Å². The summed E-state index contributed by atoms with van der Waals surface area (Å²) in [5, 5.41) is 0. The predicted molar refractivity (Wildman–Crippen MR) is 101 cm³/mol. The Labute approximate surface area is 148 Å². The molecule has 2 aliphatic rings. The Bertz CT molecular complexity index is 913. The lowest BCUT2D eigenvalue weighted by Crippen LogP contribution is -2.40. The smallest absolute Gasteiger partial charge is 0.132 e. The highest BCUT2D eigenvalue weighted by Gasteiger charge is 2.29. The number of nitrogens with one attached hydrogen (secondary N) is 1. The maximum atomic E-state index is 4.78. The number of aromatic nitrogens is 3. The van der Waals surface area contributed by atoms with Crippen molar-refractivity contribution >= 4 is 16.7 Å². The van der Waals surface area contributed by atoms with E-state index in [1.165, 1.54) is 24.9 Å². The molecule has 5 rings (SSSR count). The van der Waals surface area contributed by atoms with Gasteiger partial charge in [0.15, 0.2) is 0 Å². The van der Waals surface area contributed by atoms with Gasteiger partial charge in [0.25, 0.3) is 0 Å². The van der Waals surface area contributed by atoms with Gasteiger partial charge in [-0.3, -0.25) is 0 Å². The first kappa shape index (κ1) is 14.9. The zero-order valence-electron chi connectivity index (χ0n) is 14.7. The largest absolute Gasteiger partial charge is 0.369 e. The Hall–Kier alpha value is -2.36. The van der Waals surface area contributed by atoms with Gasteiger partial charge in [0, 0.05) is 30.4 Å². The normalized spacial score (nSPS) is 23.2. The van der Waals surface area contributed by atoms with E-state index in [4.69, 9.17) is 4.98 Å². The lowest BCUT2D eigenvalue weighted by atomic mass is 9.90. The fourth-order valence-corrected chi connectivity index (χ4v) is 4.58. The van der Waals surface area contributed by atoms with Crippen molar-refractivity contribution in [3.8, 4) is 0 Å². The molecular weight excluding hydrogens is 308 g/mol. The van der Waals surface area contributed by atoms with Crippen molar-refractivity contribution in [1.29, 1.82) is 0 Å².